The molecule has 0 bridgehead atoms. The topological polar surface area (TPSA) is 52.6 Å². The molecule has 5 rings (SSSR count). The van der Waals surface area contributed by atoms with Gasteiger partial charge in [0.15, 0.2) is 0 Å². The summed E-state index contributed by atoms with van der Waals surface area (Å²) >= 11 is 1.46. The molecule has 0 aliphatic carbocycles. The molecule has 0 aromatic heterocycles. The molecule has 0 spiro atoms. The molecule has 1 saturated heterocycles. The van der Waals surface area contributed by atoms with Crippen molar-refractivity contribution in [2.24, 2.45) is 0 Å². The number of para-hydroxylation sites is 1. The zero-order chi connectivity index (χ0) is 23.7. The molecule has 3 aromatic rings. The first kappa shape index (κ1) is 22.3. The first-order valence-electron chi connectivity index (χ1n) is 11.5. The number of nitrogens with zero attached hydrogens (tertiary/aromatic N) is 2. The van der Waals surface area contributed by atoms with E-state index in [9.17, 15) is 9.59 Å². The molecule has 1 fully saturated rings. The zero-order valence-corrected chi connectivity index (χ0v) is 20.1. The Kier molecular flexibility index (Phi) is 6.16. The third kappa shape index (κ3) is 4.59. The van der Waals surface area contributed by atoms with Crippen LogP contribution in [0.15, 0.2) is 82.6 Å². The van der Waals surface area contributed by atoms with Gasteiger partial charge in [-0.15, -0.1) is 0 Å². The Labute approximate surface area is 204 Å². The Balaban J connectivity index is 1.26. The minimum atomic E-state index is -0.107. The number of benzene rings is 3. The lowest BCUT2D eigenvalue weighted by Gasteiger charge is -2.41. The van der Waals surface area contributed by atoms with Crippen LogP contribution >= 0.6 is 11.8 Å². The molecule has 172 valence electrons. The molecular weight excluding hydrogens is 442 g/mol. The van der Waals surface area contributed by atoms with Gasteiger partial charge in [-0.25, -0.2) is 0 Å². The van der Waals surface area contributed by atoms with Gasteiger partial charge in [0.25, 0.3) is 11.8 Å². The Bertz CT molecular complexity index is 1270. The van der Waals surface area contributed by atoms with Crippen LogP contribution < -0.4 is 10.2 Å². The first-order valence-corrected chi connectivity index (χ1v) is 12.3. The highest BCUT2D eigenvalue weighted by molar-refractivity contribution is 8.04. The maximum Gasteiger partial charge on any atom is 0.262 e. The van der Waals surface area contributed by atoms with Gasteiger partial charge in [0.2, 0.25) is 0 Å². The molecule has 6 heteroatoms. The molecular formula is C28H27N3O2S. The fourth-order valence-corrected chi connectivity index (χ4v) is 5.44. The summed E-state index contributed by atoms with van der Waals surface area (Å²) in [5.41, 5.74) is 4.86. The summed E-state index contributed by atoms with van der Waals surface area (Å²) < 4.78 is 0. The molecule has 0 unspecified atom stereocenters. The van der Waals surface area contributed by atoms with Gasteiger partial charge in [-0.2, -0.15) is 0 Å². The number of fused-ring (bicyclic) bond motifs is 1. The number of carbonyl (C=O) groups is 2. The second-order valence-corrected chi connectivity index (χ2v) is 9.90. The Morgan fingerprint density at radius 2 is 1.82 bits per heavy atom. The molecule has 2 amide bonds. The van der Waals surface area contributed by atoms with Gasteiger partial charge in [-0.05, 0) is 67.4 Å². The molecule has 3 aromatic carbocycles. The molecule has 2 aliphatic heterocycles. The number of hydrogen-bond acceptors (Lipinski definition) is 4. The maximum absolute atomic E-state index is 13.2. The predicted octanol–water partition coefficient (Wildman–Crippen LogP) is 5.43. The molecule has 34 heavy (non-hydrogen) atoms. The van der Waals surface area contributed by atoms with E-state index in [0.717, 1.165) is 22.7 Å². The lowest BCUT2D eigenvalue weighted by atomic mass is 10.1. The third-order valence-electron chi connectivity index (χ3n) is 6.28. The van der Waals surface area contributed by atoms with Gasteiger partial charge >= 0.3 is 0 Å². The van der Waals surface area contributed by atoms with Crippen LogP contribution in [-0.4, -0.2) is 42.4 Å². The van der Waals surface area contributed by atoms with Crippen LogP contribution in [0, 0.1) is 6.92 Å². The number of rotatable bonds is 3. The van der Waals surface area contributed by atoms with E-state index in [1.54, 1.807) is 0 Å². The summed E-state index contributed by atoms with van der Waals surface area (Å²) in [6, 6.07) is 24.0. The molecule has 2 aliphatic rings. The molecule has 1 atom stereocenters. The smallest absolute Gasteiger partial charge is 0.262 e. The second kappa shape index (κ2) is 9.39. The van der Waals surface area contributed by atoms with Crippen LogP contribution in [0.4, 0.5) is 11.4 Å². The van der Waals surface area contributed by atoms with E-state index in [1.165, 1.54) is 23.0 Å². The summed E-state index contributed by atoms with van der Waals surface area (Å²) in [4.78, 5) is 31.6. The number of piperazine rings is 1. The largest absolute Gasteiger partial charge is 0.365 e. The van der Waals surface area contributed by atoms with E-state index >= 15 is 0 Å². The van der Waals surface area contributed by atoms with Crippen LogP contribution in [0.5, 0.6) is 0 Å². The summed E-state index contributed by atoms with van der Waals surface area (Å²) in [6.07, 6.45) is 1.87. The number of thioether (sulfide) groups is 1. The normalized spacial score (nSPS) is 19.1. The van der Waals surface area contributed by atoms with Crippen molar-refractivity contribution in [2.45, 2.75) is 24.8 Å². The maximum atomic E-state index is 13.2. The van der Waals surface area contributed by atoms with Crippen LogP contribution in [0.25, 0.3) is 6.08 Å². The lowest BCUT2D eigenvalue weighted by molar-refractivity contribution is -0.112. The van der Waals surface area contributed by atoms with Crippen molar-refractivity contribution in [1.29, 1.82) is 0 Å². The molecule has 5 nitrogen and oxygen atoms in total. The minimum Gasteiger partial charge on any atom is -0.365 e. The van der Waals surface area contributed by atoms with Crippen molar-refractivity contribution in [2.75, 3.05) is 29.9 Å². The van der Waals surface area contributed by atoms with Crippen molar-refractivity contribution in [3.63, 3.8) is 0 Å². The van der Waals surface area contributed by atoms with E-state index in [4.69, 9.17) is 0 Å². The van der Waals surface area contributed by atoms with E-state index in [0.29, 0.717) is 23.6 Å². The van der Waals surface area contributed by atoms with Gasteiger partial charge < -0.3 is 15.1 Å². The van der Waals surface area contributed by atoms with E-state index in [1.807, 2.05) is 59.5 Å². The number of amides is 2. The van der Waals surface area contributed by atoms with Gasteiger partial charge in [0.05, 0.1) is 10.6 Å². The highest BCUT2D eigenvalue weighted by Gasteiger charge is 2.27. The average Bonchev–Trinajstić information content (AvgIpc) is 2.84. The van der Waals surface area contributed by atoms with Crippen molar-refractivity contribution >= 4 is 41.0 Å². The second-order valence-electron chi connectivity index (χ2n) is 8.82. The van der Waals surface area contributed by atoms with Gasteiger partial charge in [-0.3, -0.25) is 9.59 Å². The number of carbonyl (C=O) groups excluding carboxylic acids is 2. The van der Waals surface area contributed by atoms with Crippen molar-refractivity contribution in [1.82, 2.24) is 4.90 Å². The summed E-state index contributed by atoms with van der Waals surface area (Å²) in [5.74, 6) is -0.0574. The molecule has 1 N–H and O–H groups in total. The number of hydrogen-bond donors (Lipinski definition) is 1. The summed E-state index contributed by atoms with van der Waals surface area (Å²) in [7, 11) is 0. The third-order valence-corrected chi connectivity index (χ3v) is 7.38. The summed E-state index contributed by atoms with van der Waals surface area (Å²) in [5, 5.41) is 2.93. The minimum absolute atomic E-state index is 0.0497. The van der Waals surface area contributed by atoms with Gasteiger partial charge in [0.1, 0.15) is 0 Å². The Morgan fingerprint density at radius 1 is 1.03 bits per heavy atom. The molecule has 2 heterocycles. The van der Waals surface area contributed by atoms with E-state index in [2.05, 4.69) is 48.3 Å². The van der Waals surface area contributed by atoms with Crippen LogP contribution in [-0.2, 0) is 4.79 Å². The van der Waals surface area contributed by atoms with Crippen molar-refractivity contribution in [3.8, 4) is 0 Å². The number of nitrogens with one attached hydrogen (secondary N) is 1. The molecule has 0 saturated carbocycles. The Hall–Kier alpha value is -3.51. The highest BCUT2D eigenvalue weighted by Crippen LogP contribution is 2.38. The monoisotopic (exact) mass is 469 g/mol. The first-order chi connectivity index (χ1) is 16.5. The predicted molar refractivity (Wildman–Crippen MR) is 139 cm³/mol. The average molecular weight is 470 g/mol. The van der Waals surface area contributed by atoms with Crippen LogP contribution in [0.1, 0.15) is 28.4 Å². The van der Waals surface area contributed by atoms with Crippen molar-refractivity contribution in [3.05, 3.63) is 94.4 Å². The fraction of sp³-hybridized carbons (Fsp3) is 0.214. The number of anilines is 2. The van der Waals surface area contributed by atoms with E-state index in [-0.39, 0.29) is 17.9 Å². The lowest BCUT2D eigenvalue weighted by Crippen LogP contribution is -2.53. The standard InChI is InChI=1S/C28H27N3O2S/c1-19-6-5-7-23(16-19)31-15-14-30(18-20(31)2)28(33)22-12-10-21(11-13-22)17-26-27(32)29-24-8-3-4-9-25(24)34-26/h3-13,16-17,20H,14-15,18H2,1-2H3,(H,29,32)/b26-17+/t20-/m0/s1. The van der Waals surface area contributed by atoms with Gasteiger partial charge in [0, 0.05) is 41.8 Å². The quantitative estimate of drug-likeness (QED) is 0.520. The molecule has 0 radical (unpaired) electrons. The van der Waals surface area contributed by atoms with Crippen LogP contribution in [0.3, 0.4) is 0 Å². The SMILES string of the molecule is Cc1cccc(N2CCN(C(=O)c3ccc(/C=C4/Sc5ccccc5NC4=O)cc3)C[C@@H]2C)c1. The summed E-state index contributed by atoms with van der Waals surface area (Å²) in [6.45, 7) is 6.47. The van der Waals surface area contributed by atoms with Crippen molar-refractivity contribution < 1.29 is 9.59 Å². The highest BCUT2D eigenvalue weighted by atomic mass is 32.2. The number of aryl methyl sites for hydroxylation is 1. The van der Waals surface area contributed by atoms with Crippen LogP contribution in [0.2, 0.25) is 0 Å². The van der Waals surface area contributed by atoms with Gasteiger partial charge in [-0.1, -0.05) is 48.2 Å². The zero-order valence-electron chi connectivity index (χ0n) is 19.3. The van der Waals surface area contributed by atoms with E-state index < -0.39 is 0 Å². The fourth-order valence-electron chi connectivity index (χ4n) is 4.49. The Morgan fingerprint density at radius 3 is 2.59 bits per heavy atom.